The van der Waals surface area contributed by atoms with Crippen LogP contribution in [0.2, 0.25) is 0 Å². The third-order valence-corrected chi connectivity index (χ3v) is 5.82. The van der Waals surface area contributed by atoms with E-state index in [2.05, 4.69) is 11.9 Å². The first kappa shape index (κ1) is 27.7. The Bertz CT molecular complexity index is 1530. The molecule has 3 aromatic carbocycles. The van der Waals surface area contributed by atoms with Crippen LogP contribution in [0, 0.1) is 15.9 Å². The number of benzene rings is 3. The second-order valence-electron chi connectivity index (χ2n) is 8.58. The van der Waals surface area contributed by atoms with Crippen LogP contribution in [0.3, 0.4) is 0 Å². The Kier molecular flexibility index (Phi) is 8.33. The van der Waals surface area contributed by atoms with Crippen molar-refractivity contribution in [1.82, 2.24) is 5.32 Å². The average molecular weight is 546 g/mol. The summed E-state index contributed by atoms with van der Waals surface area (Å²) < 4.78 is 25.2. The van der Waals surface area contributed by atoms with Crippen LogP contribution in [-0.4, -0.2) is 29.4 Å². The molecule has 0 radical (unpaired) electrons. The lowest BCUT2D eigenvalue weighted by molar-refractivity contribution is -0.384. The van der Waals surface area contributed by atoms with Crippen LogP contribution >= 0.6 is 0 Å². The highest BCUT2D eigenvalue weighted by Crippen LogP contribution is 2.36. The summed E-state index contributed by atoms with van der Waals surface area (Å²) in [5.74, 6) is -1.63. The topological polar surface area (TPSA) is 128 Å². The Balaban J connectivity index is 1.70. The molecule has 1 heterocycles. The maximum Gasteiger partial charge on any atom is 0.335 e. The molecule has 0 aliphatic carbocycles. The summed E-state index contributed by atoms with van der Waals surface area (Å²) in [6.07, 6.45) is 3.29. The molecule has 1 fully saturated rings. The van der Waals surface area contributed by atoms with Crippen molar-refractivity contribution in [2.45, 2.75) is 20.0 Å². The zero-order chi connectivity index (χ0) is 28.8. The standard InChI is InChI=1S/C29H24FN3O7/c1-3-6-20-13-19(15-24-27(34)31-29(36)32(28(24)35)22-11-9-21(30)10-12-22)16-25(39-4-2)26(20)40-17-18-7-5-8-23(14-18)33(37)38/h3,5,7-16H,1,4,6,17H2,2H3,(H,31,34,36)/b24-15+. The number of allylic oxidation sites excluding steroid dienone is 1. The molecule has 0 saturated carbocycles. The molecule has 1 N–H and O–H groups in total. The summed E-state index contributed by atoms with van der Waals surface area (Å²) in [5.41, 5.74) is 1.31. The normalized spacial score (nSPS) is 14.2. The molecule has 40 heavy (non-hydrogen) atoms. The molecule has 204 valence electrons. The fraction of sp³-hybridized carbons (Fsp3) is 0.138. The third kappa shape index (κ3) is 6.04. The van der Waals surface area contributed by atoms with Gasteiger partial charge in [-0.1, -0.05) is 18.2 Å². The molecule has 0 spiro atoms. The number of nitro groups is 1. The van der Waals surface area contributed by atoms with E-state index in [0.29, 0.717) is 34.6 Å². The minimum absolute atomic E-state index is 0.0158. The molecular weight excluding hydrogens is 521 g/mol. The van der Waals surface area contributed by atoms with Crippen molar-refractivity contribution >= 4 is 35.3 Å². The Labute approximate surface area is 228 Å². The largest absolute Gasteiger partial charge is 0.490 e. The van der Waals surface area contributed by atoms with Crippen LogP contribution in [-0.2, 0) is 22.6 Å². The van der Waals surface area contributed by atoms with Gasteiger partial charge in [0.05, 0.1) is 17.2 Å². The van der Waals surface area contributed by atoms with Crippen LogP contribution in [0.25, 0.3) is 6.08 Å². The lowest BCUT2D eigenvalue weighted by Gasteiger charge is -2.26. The third-order valence-electron chi connectivity index (χ3n) is 5.82. The fourth-order valence-corrected chi connectivity index (χ4v) is 4.06. The van der Waals surface area contributed by atoms with E-state index in [-0.39, 0.29) is 30.2 Å². The molecule has 11 heteroatoms. The molecule has 1 aliphatic heterocycles. The molecule has 1 saturated heterocycles. The Hall–Kier alpha value is -5.32. The molecule has 0 bridgehead atoms. The number of barbiturate groups is 1. The van der Waals surface area contributed by atoms with Gasteiger partial charge in [-0.05, 0) is 66.9 Å². The number of hydrogen-bond acceptors (Lipinski definition) is 7. The zero-order valence-corrected chi connectivity index (χ0v) is 21.4. The van der Waals surface area contributed by atoms with Crippen molar-refractivity contribution < 1.29 is 33.2 Å². The molecule has 3 aromatic rings. The monoisotopic (exact) mass is 545 g/mol. The van der Waals surface area contributed by atoms with E-state index in [0.717, 1.165) is 17.0 Å². The number of halogens is 1. The predicted molar refractivity (Wildman–Crippen MR) is 144 cm³/mol. The second-order valence-corrected chi connectivity index (χ2v) is 8.58. The van der Waals surface area contributed by atoms with Gasteiger partial charge in [-0.2, -0.15) is 0 Å². The molecule has 10 nitrogen and oxygen atoms in total. The molecule has 0 atom stereocenters. The summed E-state index contributed by atoms with van der Waals surface area (Å²) in [6.45, 7) is 5.83. The average Bonchev–Trinajstić information content (AvgIpc) is 2.92. The molecule has 0 unspecified atom stereocenters. The summed E-state index contributed by atoms with van der Waals surface area (Å²) in [4.78, 5) is 49.7. The lowest BCUT2D eigenvalue weighted by Crippen LogP contribution is -2.54. The number of nitrogens with zero attached hydrogens (tertiary/aromatic N) is 2. The van der Waals surface area contributed by atoms with Gasteiger partial charge in [0.1, 0.15) is 18.0 Å². The first-order valence-corrected chi connectivity index (χ1v) is 12.2. The number of carbonyl (C=O) groups is 3. The van der Waals surface area contributed by atoms with Crippen molar-refractivity contribution in [3.05, 3.63) is 112 Å². The van der Waals surface area contributed by atoms with Gasteiger partial charge >= 0.3 is 6.03 Å². The van der Waals surface area contributed by atoms with Gasteiger partial charge in [0.25, 0.3) is 17.5 Å². The Morgan fingerprint density at radius 2 is 1.82 bits per heavy atom. The molecule has 4 amide bonds. The Morgan fingerprint density at radius 3 is 2.50 bits per heavy atom. The van der Waals surface area contributed by atoms with Crippen molar-refractivity contribution in [1.29, 1.82) is 0 Å². The number of non-ortho nitro benzene ring substituents is 1. The minimum atomic E-state index is -0.953. The van der Waals surface area contributed by atoms with Gasteiger partial charge in [0, 0.05) is 17.7 Å². The van der Waals surface area contributed by atoms with E-state index in [9.17, 15) is 28.9 Å². The van der Waals surface area contributed by atoms with E-state index in [4.69, 9.17) is 9.47 Å². The van der Waals surface area contributed by atoms with E-state index >= 15 is 0 Å². The summed E-state index contributed by atoms with van der Waals surface area (Å²) in [7, 11) is 0. The Morgan fingerprint density at radius 1 is 1.07 bits per heavy atom. The first-order valence-electron chi connectivity index (χ1n) is 12.2. The summed E-state index contributed by atoms with van der Waals surface area (Å²) >= 11 is 0. The van der Waals surface area contributed by atoms with E-state index < -0.39 is 28.6 Å². The van der Waals surface area contributed by atoms with Gasteiger partial charge < -0.3 is 9.47 Å². The zero-order valence-electron chi connectivity index (χ0n) is 21.4. The highest BCUT2D eigenvalue weighted by molar-refractivity contribution is 6.39. The number of anilines is 1. The summed E-state index contributed by atoms with van der Waals surface area (Å²) in [5, 5.41) is 13.3. The number of rotatable bonds is 10. The quantitative estimate of drug-likeness (QED) is 0.123. The lowest BCUT2D eigenvalue weighted by atomic mass is 10.0. The predicted octanol–water partition coefficient (Wildman–Crippen LogP) is 5.11. The van der Waals surface area contributed by atoms with Crippen molar-refractivity contribution in [3.63, 3.8) is 0 Å². The van der Waals surface area contributed by atoms with Crippen LogP contribution < -0.4 is 19.7 Å². The number of nitro benzene ring substituents is 1. The van der Waals surface area contributed by atoms with Crippen LogP contribution in [0.1, 0.15) is 23.6 Å². The summed E-state index contributed by atoms with van der Waals surface area (Å²) in [6, 6.07) is 13.0. The van der Waals surface area contributed by atoms with Gasteiger partial charge in [0.2, 0.25) is 0 Å². The van der Waals surface area contributed by atoms with Crippen LogP contribution in [0.15, 0.2) is 78.9 Å². The fourth-order valence-electron chi connectivity index (χ4n) is 4.06. The number of amides is 4. The number of ether oxygens (including phenoxy) is 2. The number of urea groups is 1. The molecular formula is C29H24FN3O7. The van der Waals surface area contributed by atoms with Gasteiger partial charge in [-0.15, -0.1) is 6.58 Å². The van der Waals surface area contributed by atoms with E-state index in [1.807, 2.05) is 0 Å². The van der Waals surface area contributed by atoms with E-state index in [1.165, 1.54) is 30.3 Å². The number of imide groups is 2. The van der Waals surface area contributed by atoms with Crippen LogP contribution in [0.4, 0.5) is 20.6 Å². The smallest absolute Gasteiger partial charge is 0.335 e. The van der Waals surface area contributed by atoms with Gasteiger partial charge in [0.15, 0.2) is 11.5 Å². The van der Waals surface area contributed by atoms with Gasteiger partial charge in [-0.25, -0.2) is 14.1 Å². The SMILES string of the molecule is C=CCc1cc(/C=C2\C(=O)NC(=O)N(c3ccc(F)cc3)C2=O)cc(OCC)c1OCc1cccc([N+](=O)[O-])c1. The van der Waals surface area contributed by atoms with Crippen molar-refractivity contribution in [3.8, 4) is 11.5 Å². The molecule has 0 aromatic heterocycles. The number of nitrogens with one attached hydrogen (secondary N) is 1. The molecule has 1 aliphatic rings. The van der Waals surface area contributed by atoms with Crippen molar-refractivity contribution in [2.75, 3.05) is 11.5 Å². The maximum atomic E-state index is 13.4. The van der Waals surface area contributed by atoms with Crippen LogP contribution in [0.5, 0.6) is 11.5 Å². The molecule has 4 rings (SSSR count). The highest BCUT2D eigenvalue weighted by Gasteiger charge is 2.37. The number of hydrogen-bond donors (Lipinski definition) is 1. The van der Waals surface area contributed by atoms with Gasteiger partial charge in [-0.3, -0.25) is 25.0 Å². The van der Waals surface area contributed by atoms with E-state index in [1.54, 1.807) is 37.3 Å². The van der Waals surface area contributed by atoms with Crippen molar-refractivity contribution in [2.24, 2.45) is 0 Å². The second kappa shape index (κ2) is 12.0. The first-order chi connectivity index (χ1) is 19.2. The maximum absolute atomic E-state index is 13.4. The minimum Gasteiger partial charge on any atom is -0.490 e. The number of carbonyl (C=O) groups excluding carboxylic acids is 3. The highest BCUT2D eigenvalue weighted by atomic mass is 19.1.